The highest BCUT2D eigenvalue weighted by Crippen LogP contribution is 2.14. The van der Waals surface area contributed by atoms with Crippen LogP contribution < -0.4 is 0 Å². The van der Waals surface area contributed by atoms with Crippen LogP contribution in [0.4, 0.5) is 4.79 Å². The van der Waals surface area contributed by atoms with Crippen molar-refractivity contribution >= 4 is 12.1 Å². The summed E-state index contributed by atoms with van der Waals surface area (Å²) in [7, 11) is 0. The minimum Gasteiger partial charge on any atom is -0.422 e. The minimum atomic E-state index is -0.833. The lowest BCUT2D eigenvalue weighted by atomic mass is 10.4. The Bertz CT molecular complexity index is 189. The van der Waals surface area contributed by atoms with Crippen LogP contribution in [0.25, 0.3) is 0 Å². The van der Waals surface area contributed by atoms with Gasteiger partial charge in [0.2, 0.25) is 5.76 Å². The minimum absolute atomic E-state index is 0.0833. The lowest BCUT2D eigenvalue weighted by molar-refractivity contribution is 0.122. The summed E-state index contributed by atoms with van der Waals surface area (Å²) in [5.74, 6) is 1.36. The van der Waals surface area contributed by atoms with Crippen molar-refractivity contribution in [2.45, 2.75) is 13.0 Å². The van der Waals surface area contributed by atoms with Crippen LogP contribution in [0.1, 0.15) is 6.92 Å². The van der Waals surface area contributed by atoms with E-state index in [1.165, 1.54) is 12.9 Å². The van der Waals surface area contributed by atoms with E-state index in [4.69, 9.17) is 0 Å². The van der Waals surface area contributed by atoms with Gasteiger partial charge in [-0.1, -0.05) is 0 Å². The van der Waals surface area contributed by atoms with E-state index in [2.05, 4.69) is 9.47 Å². The SMILES string of the molecule is CC1OC(=O)OC1=C=O. The van der Waals surface area contributed by atoms with Gasteiger partial charge in [0.25, 0.3) is 0 Å². The van der Waals surface area contributed by atoms with Crippen molar-refractivity contribution in [1.82, 2.24) is 0 Å². The van der Waals surface area contributed by atoms with Gasteiger partial charge >= 0.3 is 6.16 Å². The first-order valence-electron chi connectivity index (χ1n) is 2.37. The highest BCUT2D eigenvalue weighted by Gasteiger charge is 2.28. The molecule has 0 spiro atoms. The summed E-state index contributed by atoms with van der Waals surface area (Å²) in [6, 6.07) is 0. The van der Waals surface area contributed by atoms with Crippen LogP contribution in [0.3, 0.4) is 0 Å². The van der Waals surface area contributed by atoms with Gasteiger partial charge in [-0.05, 0) is 6.92 Å². The summed E-state index contributed by atoms with van der Waals surface area (Å²) in [5.41, 5.74) is 0. The first-order chi connectivity index (χ1) is 4.24. The Labute approximate surface area is 51.1 Å². The molecule has 1 fully saturated rings. The summed E-state index contributed by atoms with van der Waals surface area (Å²) < 4.78 is 8.66. The zero-order chi connectivity index (χ0) is 6.85. The number of ether oxygens (including phenoxy) is 2. The molecule has 0 bridgehead atoms. The molecule has 48 valence electrons. The van der Waals surface area contributed by atoms with Crippen molar-refractivity contribution in [3.8, 4) is 0 Å². The Balaban J connectivity index is 2.81. The molecule has 1 aliphatic heterocycles. The molecule has 9 heavy (non-hydrogen) atoms. The number of carbonyl (C=O) groups is 1. The Hall–Kier alpha value is -1.28. The third kappa shape index (κ3) is 0.925. The number of hydrogen-bond acceptors (Lipinski definition) is 4. The standard InChI is InChI=1S/C5H4O4/c1-3-4(2-6)9-5(7)8-3/h3H,1H3. The summed E-state index contributed by atoms with van der Waals surface area (Å²) in [5, 5.41) is 0. The molecule has 0 aliphatic carbocycles. The summed E-state index contributed by atoms with van der Waals surface area (Å²) in [6.45, 7) is 1.53. The lowest BCUT2D eigenvalue weighted by Crippen LogP contribution is -2.00. The predicted octanol–water partition coefficient (Wildman–Crippen LogP) is 0.257. The van der Waals surface area contributed by atoms with Gasteiger partial charge in [0.15, 0.2) is 12.0 Å². The zero-order valence-electron chi connectivity index (χ0n) is 4.71. The van der Waals surface area contributed by atoms with E-state index in [9.17, 15) is 9.59 Å². The van der Waals surface area contributed by atoms with Gasteiger partial charge in [-0.15, -0.1) is 0 Å². The lowest BCUT2D eigenvalue weighted by Gasteiger charge is -1.90. The second-order valence-electron chi connectivity index (χ2n) is 1.58. The van der Waals surface area contributed by atoms with Gasteiger partial charge < -0.3 is 9.47 Å². The molecular weight excluding hydrogens is 124 g/mol. The monoisotopic (exact) mass is 128 g/mol. The topological polar surface area (TPSA) is 52.6 Å². The number of hydrogen-bond donors (Lipinski definition) is 0. The highest BCUT2D eigenvalue weighted by molar-refractivity contribution is 5.69. The van der Waals surface area contributed by atoms with E-state index in [0.717, 1.165) is 0 Å². The highest BCUT2D eigenvalue weighted by atomic mass is 16.8. The van der Waals surface area contributed by atoms with Crippen molar-refractivity contribution < 1.29 is 19.1 Å². The molecule has 4 nitrogen and oxygen atoms in total. The smallest absolute Gasteiger partial charge is 0.422 e. The molecule has 1 rings (SSSR count). The third-order valence-electron chi connectivity index (χ3n) is 0.936. The van der Waals surface area contributed by atoms with Gasteiger partial charge in [-0.2, -0.15) is 0 Å². The molecule has 0 N–H and O–H groups in total. The Morgan fingerprint density at radius 2 is 2.33 bits per heavy atom. The van der Waals surface area contributed by atoms with Gasteiger partial charge in [-0.3, -0.25) is 0 Å². The van der Waals surface area contributed by atoms with Gasteiger partial charge in [-0.25, -0.2) is 9.59 Å². The molecule has 0 aromatic rings. The van der Waals surface area contributed by atoms with E-state index in [0.29, 0.717) is 0 Å². The molecule has 4 heteroatoms. The molecule has 1 unspecified atom stereocenters. The molecule has 0 saturated carbocycles. The molecule has 0 aromatic heterocycles. The quantitative estimate of drug-likeness (QED) is 0.346. The molecule has 0 aromatic carbocycles. The third-order valence-corrected chi connectivity index (χ3v) is 0.936. The van der Waals surface area contributed by atoms with Crippen LogP contribution in [-0.2, 0) is 14.3 Å². The molecule has 1 heterocycles. The summed E-state index contributed by atoms with van der Waals surface area (Å²) >= 11 is 0. The average Bonchev–Trinajstić information content (AvgIpc) is 2.10. The van der Waals surface area contributed by atoms with Crippen LogP contribution in [0.2, 0.25) is 0 Å². The second kappa shape index (κ2) is 1.91. The van der Waals surface area contributed by atoms with Crippen LogP contribution in [0.5, 0.6) is 0 Å². The van der Waals surface area contributed by atoms with Crippen LogP contribution in [-0.4, -0.2) is 18.2 Å². The van der Waals surface area contributed by atoms with Crippen LogP contribution in [0.15, 0.2) is 5.76 Å². The Kier molecular flexibility index (Phi) is 1.24. The van der Waals surface area contributed by atoms with E-state index in [1.54, 1.807) is 0 Å². The van der Waals surface area contributed by atoms with E-state index in [1.807, 2.05) is 0 Å². The molecule has 0 radical (unpaired) electrons. The van der Waals surface area contributed by atoms with E-state index >= 15 is 0 Å². The van der Waals surface area contributed by atoms with E-state index < -0.39 is 12.3 Å². The van der Waals surface area contributed by atoms with Crippen molar-refractivity contribution in [3.05, 3.63) is 5.76 Å². The largest absolute Gasteiger partial charge is 0.515 e. The Morgan fingerprint density at radius 1 is 1.67 bits per heavy atom. The van der Waals surface area contributed by atoms with Gasteiger partial charge in [0.1, 0.15) is 0 Å². The van der Waals surface area contributed by atoms with Crippen LogP contribution >= 0.6 is 0 Å². The van der Waals surface area contributed by atoms with Crippen LogP contribution in [0, 0.1) is 0 Å². The number of cyclic esters (lactones) is 2. The molecule has 1 aliphatic rings. The number of rotatable bonds is 0. The first kappa shape index (κ1) is 5.85. The maximum Gasteiger partial charge on any atom is 0.515 e. The summed E-state index contributed by atoms with van der Waals surface area (Å²) in [6.07, 6.45) is -1.41. The molecule has 0 amide bonds. The number of carbonyl (C=O) groups excluding carboxylic acids is 2. The maximum atomic E-state index is 10.2. The van der Waals surface area contributed by atoms with Crippen molar-refractivity contribution in [1.29, 1.82) is 0 Å². The van der Waals surface area contributed by atoms with Crippen molar-refractivity contribution in [2.24, 2.45) is 0 Å². The maximum absolute atomic E-state index is 10.2. The van der Waals surface area contributed by atoms with Crippen molar-refractivity contribution in [2.75, 3.05) is 0 Å². The van der Waals surface area contributed by atoms with E-state index in [-0.39, 0.29) is 5.76 Å². The molecule has 1 atom stereocenters. The van der Waals surface area contributed by atoms with Crippen molar-refractivity contribution in [3.63, 3.8) is 0 Å². The second-order valence-corrected chi connectivity index (χ2v) is 1.58. The molecular formula is C5H4O4. The Morgan fingerprint density at radius 3 is 2.56 bits per heavy atom. The molecule has 1 saturated heterocycles. The first-order valence-corrected chi connectivity index (χ1v) is 2.37. The fraction of sp³-hybridized carbons (Fsp3) is 0.400. The zero-order valence-corrected chi connectivity index (χ0v) is 4.71. The normalized spacial score (nSPS) is 24.8. The fourth-order valence-electron chi connectivity index (χ4n) is 0.498. The van der Waals surface area contributed by atoms with Gasteiger partial charge in [0, 0.05) is 0 Å². The van der Waals surface area contributed by atoms with Gasteiger partial charge in [0.05, 0.1) is 0 Å². The fourth-order valence-corrected chi connectivity index (χ4v) is 0.498. The predicted molar refractivity (Wildman–Crippen MR) is 26.2 cm³/mol. The average molecular weight is 128 g/mol. The summed E-state index contributed by atoms with van der Waals surface area (Å²) in [4.78, 5) is 20.0.